The van der Waals surface area contributed by atoms with E-state index in [2.05, 4.69) is 0 Å². The van der Waals surface area contributed by atoms with Crippen molar-refractivity contribution >= 4 is 11.9 Å². The Labute approximate surface area is 113 Å². The molecule has 0 bridgehead atoms. The van der Waals surface area contributed by atoms with Gasteiger partial charge in [0.25, 0.3) is 0 Å². The van der Waals surface area contributed by atoms with Crippen molar-refractivity contribution in [3.63, 3.8) is 0 Å². The van der Waals surface area contributed by atoms with Gasteiger partial charge in [-0.15, -0.1) is 0 Å². The third-order valence-corrected chi connectivity index (χ3v) is 3.78. The van der Waals surface area contributed by atoms with E-state index in [4.69, 9.17) is 5.11 Å². The fourth-order valence-corrected chi connectivity index (χ4v) is 2.51. The molecule has 1 aromatic rings. The molecule has 0 radical (unpaired) electrons. The molecule has 1 N–H and O–H groups in total. The predicted octanol–water partition coefficient (Wildman–Crippen LogP) is 1.92. The van der Waals surface area contributed by atoms with Crippen LogP contribution in [0.3, 0.4) is 0 Å². The van der Waals surface area contributed by atoms with E-state index >= 15 is 0 Å². The summed E-state index contributed by atoms with van der Waals surface area (Å²) in [4.78, 5) is 24.8. The molecule has 1 atom stereocenters. The number of amides is 1. The van der Waals surface area contributed by atoms with Crippen LogP contribution in [0.25, 0.3) is 0 Å². The molecule has 2 rings (SSSR count). The number of aryl methyl sites for hydroxylation is 2. The molecule has 1 heterocycles. The maximum atomic E-state index is 12.2. The first-order chi connectivity index (χ1) is 8.99. The van der Waals surface area contributed by atoms with Gasteiger partial charge in [0.15, 0.2) is 0 Å². The van der Waals surface area contributed by atoms with Crippen LogP contribution in [-0.2, 0) is 16.0 Å². The molecule has 1 unspecified atom stereocenters. The molecule has 1 aromatic carbocycles. The van der Waals surface area contributed by atoms with E-state index in [1.54, 1.807) is 0 Å². The first kappa shape index (κ1) is 13.6. The fourth-order valence-electron chi connectivity index (χ4n) is 2.51. The van der Waals surface area contributed by atoms with Crippen LogP contribution in [0.5, 0.6) is 0 Å². The van der Waals surface area contributed by atoms with Crippen molar-refractivity contribution in [2.75, 3.05) is 6.54 Å². The van der Waals surface area contributed by atoms with Gasteiger partial charge in [-0.25, -0.2) is 4.79 Å². The lowest BCUT2D eigenvalue weighted by Gasteiger charge is -2.21. The highest BCUT2D eigenvalue weighted by molar-refractivity contribution is 5.85. The van der Waals surface area contributed by atoms with Crippen LogP contribution < -0.4 is 0 Å². The summed E-state index contributed by atoms with van der Waals surface area (Å²) in [5, 5.41) is 9.09. The van der Waals surface area contributed by atoms with Gasteiger partial charge in [-0.05, 0) is 43.4 Å². The van der Waals surface area contributed by atoms with Crippen molar-refractivity contribution in [3.05, 3.63) is 34.9 Å². The lowest BCUT2D eigenvalue weighted by molar-refractivity contribution is -0.148. The van der Waals surface area contributed by atoms with Crippen molar-refractivity contribution in [2.24, 2.45) is 0 Å². The van der Waals surface area contributed by atoms with Gasteiger partial charge in [0, 0.05) is 6.54 Å². The monoisotopic (exact) mass is 261 g/mol. The topological polar surface area (TPSA) is 57.6 Å². The van der Waals surface area contributed by atoms with Gasteiger partial charge in [-0.1, -0.05) is 18.2 Å². The minimum absolute atomic E-state index is 0.0897. The average Bonchev–Trinajstić information content (AvgIpc) is 2.83. The molecule has 19 heavy (non-hydrogen) atoms. The van der Waals surface area contributed by atoms with Crippen LogP contribution in [0.1, 0.15) is 29.5 Å². The van der Waals surface area contributed by atoms with Crippen molar-refractivity contribution in [3.8, 4) is 0 Å². The van der Waals surface area contributed by atoms with E-state index in [0.29, 0.717) is 13.0 Å². The third kappa shape index (κ3) is 2.95. The van der Waals surface area contributed by atoms with Crippen LogP contribution in [0.2, 0.25) is 0 Å². The molecule has 0 spiro atoms. The molecule has 1 aliphatic heterocycles. The second kappa shape index (κ2) is 5.43. The molecular weight excluding hydrogens is 242 g/mol. The Balaban J connectivity index is 2.08. The van der Waals surface area contributed by atoms with E-state index < -0.39 is 12.0 Å². The Morgan fingerprint density at radius 3 is 2.68 bits per heavy atom. The third-order valence-electron chi connectivity index (χ3n) is 3.78. The van der Waals surface area contributed by atoms with Gasteiger partial charge in [-0.2, -0.15) is 0 Å². The molecule has 0 aromatic heterocycles. The van der Waals surface area contributed by atoms with Crippen molar-refractivity contribution in [2.45, 2.75) is 39.2 Å². The lowest BCUT2D eigenvalue weighted by Crippen LogP contribution is -2.41. The second-order valence-electron chi connectivity index (χ2n) is 5.18. The van der Waals surface area contributed by atoms with E-state index in [0.717, 1.165) is 17.5 Å². The molecule has 4 nitrogen and oxygen atoms in total. The average molecular weight is 261 g/mol. The van der Waals surface area contributed by atoms with Gasteiger partial charge >= 0.3 is 5.97 Å². The Bertz CT molecular complexity index is 510. The van der Waals surface area contributed by atoms with Gasteiger partial charge < -0.3 is 10.0 Å². The molecule has 1 saturated heterocycles. The van der Waals surface area contributed by atoms with Crippen LogP contribution >= 0.6 is 0 Å². The van der Waals surface area contributed by atoms with E-state index in [-0.39, 0.29) is 12.3 Å². The molecule has 4 heteroatoms. The number of aliphatic carboxylic acids is 1. The minimum Gasteiger partial charge on any atom is -0.480 e. The normalized spacial score (nSPS) is 18.6. The first-order valence-corrected chi connectivity index (χ1v) is 6.57. The number of benzene rings is 1. The summed E-state index contributed by atoms with van der Waals surface area (Å²) < 4.78 is 0. The number of carboxylic acids is 1. The van der Waals surface area contributed by atoms with Crippen LogP contribution in [0.15, 0.2) is 18.2 Å². The van der Waals surface area contributed by atoms with Crippen molar-refractivity contribution in [1.29, 1.82) is 0 Å². The number of carbonyl (C=O) groups is 2. The molecule has 1 fully saturated rings. The highest BCUT2D eigenvalue weighted by atomic mass is 16.4. The standard InChI is InChI=1S/C15H19NO3/c1-10-5-6-12(8-11(10)2)9-14(17)16-7-3-4-13(16)15(18)19/h5-6,8,13H,3-4,7,9H2,1-2H3,(H,18,19). The summed E-state index contributed by atoms with van der Waals surface area (Å²) >= 11 is 0. The van der Waals surface area contributed by atoms with E-state index in [1.807, 2.05) is 32.0 Å². The van der Waals surface area contributed by atoms with Crippen molar-refractivity contribution < 1.29 is 14.7 Å². The zero-order valence-electron chi connectivity index (χ0n) is 11.3. The highest BCUT2D eigenvalue weighted by Crippen LogP contribution is 2.19. The summed E-state index contributed by atoms with van der Waals surface area (Å²) in [6, 6.07) is 5.29. The maximum absolute atomic E-state index is 12.2. The zero-order chi connectivity index (χ0) is 14.0. The summed E-state index contributed by atoms with van der Waals surface area (Å²) in [5.41, 5.74) is 3.30. The van der Waals surface area contributed by atoms with Crippen LogP contribution in [0.4, 0.5) is 0 Å². The van der Waals surface area contributed by atoms with Gasteiger partial charge in [0.2, 0.25) is 5.91 Å². The van der Waals surface area contributed by atoms with E-state index in [9.17, 15) is 9.59 Å². The molecule has 0 saturated carbocycles. The summed E-state index contributed by atoms with van der Waals surface area (Å²) in [6.45, 7) is 4.60. The van der Waals surface area contributed by atoms with Gasteiger partial charge in [-0.3, -0.25) is 4.79 Å². The number of carboxylic acid groups (broad SMARTS) is 1. The Morgan fingerprint density at radius 2 is 2.05 bits per heavy atom. The van der Waals surface area contributed by atoms with E-state index in [1.165, 1.54) is 10.5 Å². The smallest absolute Gasteiger partial charge is 0.326 e. The number of hydrogen-bond acceptors (Lipinski definition) is 2. The fraction of sp³-hybridized carbons (Fsp3) is 0.467. The Hall–Kier alpha value is -1.84. The molecule has 0 aliphatic carbocycles. The maximum Gasteiger partial charge on any atom is 0.326 e. The van der Waals surface area contributed by atoms with Crippen LogP contribution in [0, 0.1) is 13.8 Å². The lowest BCUT2D eigenvalue weighted by atomic mass is 10.0. The molecular formula is C15H19NO3. The minimum atomic E-state index is -0.897. The number of carbonyl (C=O) groups excluding carboxylic acids is 1. The quantitative estimate of drug-likeness (QED) is 0.904. The second-order valence-corrected chi connectivity index (χ2v) is 5.18. The predicted molar refractivity (Wildman–Crippen MR) is 72.0 cm³/mol. The largest absolute Gasteiger partial charge is 0.480 e. The number of nitrogens with zero attached hydrogens (tertiary/aromatic N) is 1. The first-order valence-electron chi connectivity index (χ1n) is 6.57. The van der Waals surface area contributed by atoms with Crippen LogP contribution in [-0.4, -0.2) is 34.5 Å². The van der Waals surface area contributed by atoms with Gasteiger partial charge in [0.1, 0.15) is 6.04 Å². The number of hydrogen-bond donors (Lipinski definition) is 1. The van der Waals surface area contributed by atoms with Gasteiger partial charge in [0.05, 0.1) is 6.42 Å². The number of likely N-dealkylation sites (tertiary alicyclic amines) is 1. The summed E-state index contributed by atoms with van der Waals surface area (Å²) in [6.07, 6.45) is 1.62. The zero-order valence-corrected chi connectivity index (χ0v) is 11.3. The molecule has 1 amide bonds. The highest BCUT2D eigenvalue weighted by Gasteiger charge is 2.33. The number of rotatable bonds is 3. The molecule has 102 valence electrons. The summed E-state index contributed by atoms with van der Waals surface area (Å²) in [7, 11) is 0. The Morgan fingerprint density at radius 1 is 1.32 bits per heavy atom. The van der Waals surface area contributed by atoms with Crippen molar-refractivity contribution in [1.82, 2.24) is 4.90 Å². The Kier molecular flexibility index (Phi) is 3.88. The SMILES string of the molecule is Cc1ccc(CC(=O)N2CCCC2C(=O)O)cc1C. The summed E-state index contributed by atoms with van der Waals surface area (Å²) in [5.74, 6) is -0.987. The molecule has 1 aliphatic rings.